The first-order chi connectivity index (χ1) is 11.7. The van der Waals surface area contributed by atoms with E-state index in [1.165, 1.54) is 7.11 Å². The van der Waals surface area contributed by atoms with Crippen LogP contribution in [0.1, 0.15) is 16.1 Å². The zero-order chi connectivity index (χ0) is 16.9. The van der Waals surface area contributed by atoms with Gasteiger partial charge in [-0.2, -0.15) is 5.10 Å². The number of nitrogens with zero attached hydrogens (tertiary/aromatic N) is 2. The van der Waals surface area contributed by atoms with Crippen LogP contribution in [-0.4, -0.2) is 39.6 Å². The molecule has 0 saturated carbocycles. The summed E-state index contributed by atoms with van der Waals surface area (Å²) in [7, 11) is 1.35. The van der Waals surface area contributed by atoms with E-state index in [0.717, 1.165) is 22.0 Å². The Hall–Kier alpha value is -2.58. The Morgan fingerprint density at radius 1 is 1.50 bits per heavy atom. The highest BCUT2D eigenvalue weighted by Gasteiger charge is 2.12. The van der Waals surface area contributed by atoms with Crippen LogP contribution in [0, 0.1) is 0 Å². The summed E-state index contributed by atoms with van der Waals surface area (Å²) < 4.78 is 6.42. The largest absolute Gasteiger partial charge is 0.464 e. The molecule has 0 aromatic carbocycles. The van der Waals surface area contributed by atoms with Crippen LogP contribution in [0.4, 0.5) is 5.82 Å². The lowest BCUT2D eigenvalue weighted by Gasteiger charge is -2.07. The van der Waals surface area contributed by atoms with Crippen LogP contribution in [-0.2, 0) is 17.8 Å². The van der Waals surface area contributed by atoms with Gasteiger partial charge >= 0.3 is 5.97 Å². The third-order valence-corrected chi connectivity index (χ3v) is 4.38. The zero-order valence-electron chi connectivity index (χ0n) is 13.2. The van der Waals surface area contributed by atoms with Crippen molar-refractivity contribution in [2.75, 3.05) is 19.0 Å². The van der Waals surface area contributed by atoms with Crippen LogP contribution in [0.25, 0.3) is 10.6 Å². The second-order valence-electron chi connectivity index (χ2n) is 5.11. The van der Waals surface area contributed by atoms with Crippen molar-refractivity contribution in [1.29, 1.82) is 0 Å². The molecule has 3 aromatic heterocycles. The fourth-order valence-electron chi connectivity index (χ4n) is 2.33. The maximum absolute atomic E-state index is 11.5. The number of ether oxygens (including phenoxy) is 1. The number of carbonyl (C=O) groups excluding carboxylic acids is 1. The Labute approximate surface area is 142 Å². The quantitative estimate of drug-likeness (QED) is 0.571. The van der Waals surface area contributed by atoms with Gasteiger partial charge in [-0.15, -0.1) is 11.3 Å². The molecule has 0 bridgehead atoms. The molecule has 8 heteroatoms. The minimum absolute atomic E-state index is 0.0108. The van der Waals surface area contributed by atoms with Gasteiger partial charge in [-0.3, -0.25) is 0 Å². The summed E-state index contributed by atoms with van der Waals surface area (Å²) in [6.07, 6.45) is 1.76. The first-order valence-corrected chi connectivity index (χ1v) is 8.31. The van der Waals surface area contributed by atoms with Gasteiger partial charge in [0.25, 0.3) is 0 Å². The number of thiophene rings is 1. The van der Waals surface area contributed by atoms with Gasteiger partial charge in [0.2, 0.25) is 0 Å². The third kappa shape index (κ3) is 3.50. The monoisotopic (exact) mass is 346 g/mol. The van der Waals surface area contributed by atoms with Gasteiger partial charge in [-0.25, -0.2) is 9.48 Å². The van der Waals surface area contributed by atoms with Crippen LogP contribution in [0.15, 0.2) is 35.8 Å². The predicted molar refractivity (Wildman–Crippen MR) is 92.1 cm³/mol. The Bertz CT molecular complexity index is 807. The maximum atomic E-state index is 11.5. The zero-order valence-corrected chi connectivity index (χ0v) is 14.0. The van der Waals surface area contributed by atoms with Crippen molar-refractivity contribution in [3.8, 4) is 10.6 Å². The molecule has 7 nitrogen and oxygen atoms in total. The van der Waals surface area contributed by atoms with Crippen molar-refractivity contribution in [2.45, 2.75) is 13.1 Å². The smallest absolute Gasteiger partial charge is 0.354 e. The fourth-order valence-corrected chi connectivity index (χ4v) is 3.01. The van der Waals surface area contributed by atoms with E-state index in [2.05, 4.69) is 20.1 Å². The van der Waals surface area contributed by atoms with Gasteiger partial charge in [-0.1, -0.05) is 6.07 Å². The van der Waals surface area contributed by atoms with Crippen molar-refractivity contribution in [3.63, 3.8) is 0 Å². The highest BCUT2D eigenvalue weighted by Crippen LogP contribution is 2.26. The van der Waals surface area contributed by atoms with Gasteiger partial charge < -0.3 is 20.1 Å². The van der Waals surface area contributed by atoms with Gasteiger partial charge in [0.15, 0.2) is 0 Å². The highest BCUT2D eigenvalue weighted by molar-refractivity contribution is 7.13. The summed E-state index contributed by atoms with van der Waals surface area (Å²) in [4.78, 5) is 15.4. The lowest BCUT2D eigenvalue weighted by Crippen LogP contribution is -2.10. The Balaban J connectivity index is 1.74. The van der Waals surface area contributed by atoms with E-state index in [0.29, 0.717) is 18.8 Å². The summed E-state index contributed by atoms with van der Waals surface area (Å²) in [5.74, 6) is 0.417. The topological polar surface area (TPSA) is 92.2 Å². The SMILES string of the molecule is COC(=O)c1cc(CNc2cc(-c3cccs3)nn2CCO)c[nH]1. The number of aromatic amines is 1. The number of carbonyl (C=O) groups is 1. The number of anilines is 1. The van der Waals surface area contributed by atoms with Gasteiger partial charge in [0, 0.05) is 18.8 Å². The van der Waals surface area contributed by atoms with Gasteiger partial charge in [-0.05, 0) is 23.1 Å². The van der Waals surface area contributed by atoms with Crippen molar-refractivity contribution in [3.05, 3.63) is 47.1 Å². The molecule has 126 valence electrons. The third-order valence-electron chi connectivity index (χ3n) is 3.49. The normalized spacial score (nSPS) is 10.8. The molecule has 0 aliphatic carbocycles. The number of aromatic nitrogens is 3. The minimum atomic E-state index is -0.397. The average Bonchev–Trinajstić information content (AvgIpc) is 3.32. The number of H-pyrrole nitrogens is 1. The van der Waals surface area contributed by atoms with Crippen molar-refractivity contribution >= 4 is 23.1 Å². The second-order valence-corrected chi connectivity index (χ2v) is 6.05. The van der Waals surface area contributed by atoms with E-state index >= 15 is 0 Å². The molecule has 24 heavy (non-hydrogen) atoms. The summed E-state index contributed by atoms with van der Waals surface area (Å²) in [6, 6.07) is 7.68. The number of aliphatic hydroxyl groups excluding tert-OH is 1. The standard InChI is InChI=1S/C16H18N4O3S/c1-23-16(22)13-7-11(9-17-13)10-18-15-8-12(14-3-2-6-24-14)19-20(15)4-5-21/h2-3,6-9,17-18,21H,4-5,10H2,1H3. The van der Waals surface area contributed by atoms with E-state index in [-0.39, 0.29) is 6.61 Å². The van der Waals surface area contributed by atoms with Crippen molar-refractivity contribution < 1.29 is 14.6 Å². The van der Waals surface area contributed by atoms with Crippen LogP contribution in [0.3, 0.4) is 0 Å². The van der Waals surface area contributed by atoms with Gasteiger partial charge in [0.05, 0.1) is 25.1 Å². The maximum Gasteiger partial charge on any atom is 0.354 e. The molecule has 0 saturated heterocycles. The molecule has 0 radical (unpaired) electrons. The van der Waals surface area contributed by atoms with Crippen LogP contribution >= 0.6 is 11.3 Å². The Morgan fingerprint density at radius 2 is 2.38 bits per heavy atom. The van der Waals surface area contributed by atoms with E-state index < -0.39 is 5.97 Å². The Morgan fingerprint density at radius 3 is 3.08 bits per heavy atom. The highest BCUT2D eigenvalue weighted by atomic mass is 32.1. The molecule has 0 spiro atoms. The lowest BCUT2D eigenvalue weighted by molar-refractivity contribution is 0.0595. The predicted octanol–water partition coefficient (Wildman–Crippen LogP) is 2.33. The number of methoxy groups -OCH3 is 1. The number of rotatable bonds is 7. The number of esters is 1. The molecule has 0 amide bonds. The number of aliphatic hydroxyl groups is 1. The van der Waals surface area contributed by atoms with Crippen LogP contribution in [0.2, 0.25) is 0 Å². The molecule has 0 fully saturated rings. The van der Waals surface area contributed by atoms with E-state index in [9.17, 15) is 9.90 Å². The van der Waals surface area contributed by atoms with E-state index in [4.69, 9.17) is 0 Å². The van der Waals surface area contributed by atoms with Crippen LogP contribution < -0.4 is 5.32 Å². The number of hydrogen-bond donors (Lipinski definition) is 3. The van der Waals surface area contributed by atoms with Crippen LogP contribution in [0.5, 0.6) is 0 Å². The molecule has 0 unspecified atom stereocenters. The second kappa shape index (κ2) is 7.33. The van der Waals surface area contributed by atoms with Crippen molar-refractivity contribution in [2.24, 2.45) is 0 Å². The summed E-state index contributed by atoms with van der Waals surface area (Å²) in [5.41, 5.74) is 2.20. The molecule has 3 heterocycles. The molecule has 0 atom stereocenters. The first kappa shape index (κ1) is 16.3. The molecular formula is C16H18N4O3S. The molecule has 3 N–H and O–H groups in total. The summed E-state index contributed by atoms with van der Waals surface area (Å²) in [6.45, 7) is 0.944. The Kier molecular flexibility index (Phi) is 4.97. The molecule has 3 rings (SSSR count). The average molecular weight is 346 g/mol. The minimum Gasteiger partial charge on any atom is -0.464 e. The number of nitrogens with one attached hydrogen (secondary N) is 2. The lowest BCUT2D eigenvalue weighted by atomic mass is 10.3. The van der Waals surface area contributed by atoms with Crippen molar-refractivity contribution in [1.82, 2.24) is 14.8 Å². The van der Waals surface area contributed by atoms with E-state index in [1.807, 2.05) is 23.6 Å². The summed E-state index contributed by atoms with van der Waals surface area (Å²) >= 11 is 1.62. The van der Waals surface area contributed by atoms with Gasteiger partial charge in [0.1, 0.15) is 17.2 Å². The summed E-state index contributed by atoms with van der Waals surface area (Å²) in [5, 5.41) is 19.0. The molecule has 3 aromatic rings. The first-order valence-electron chi connectivity index (χ1n) is 7.43. The molecule has 0 aliphatic rings. The molecule has 0 aliphatic heterocycles. The van der Waals surface area contributed by atoms with E-state index in [1.54, 1.807) is 28.3 Å². The number of hydrogen-bond acceptors (Lipinski definition) is 6. The fraction of sp³-hybridized carbons (Fsp3) is 0.250. The molecular weight excluding hydrogens is 328 g/mol.